The fourth-order valence-corrected chi connectivity index (χ4v) is 2.19. The molecule has 0 atom stereocenters. The molecule has 0 unspecified atom stereocenters. The third-order valence-electron chi connectivity index (χ3n) is 3.02. The highest BCUT2D eigenvalue weighted by Crippen LogP contribution is 1.97. The van der Waals surface area contributed by atoms with E-state index in [0.29, 0.717) is 0 Å². The molecule has 0 saturated carbocycles. The van der Waals surface area contributed by atoms with Gasteiger partial charge in [-0.15, -0.1) is 37.2 Å². The van der Waals surface area contributed by atoms with Crippen molar-refractivity contribution in [3.05, 3.63) is 0 Å². The summed E-state index contributed by atoms with van der Waals surface area (Å²) in [6, 6.07) is 0. The van der Waals surface area contributed by atoms with E-state index in [1.807, 2.05) is 0 Å². The minimum atomic E-state index is 0. The molecule has 1 heterocycles. The van der Waals surface area contributed by atoms with Crippen LogP contribution in [0.3, 0.4) is 0 Å². The highest BCUT2D eigenvalue weighted by molar-refractivity contribution is 5.86. The lowest BCUT2D eigenvalue weighted by Crippen LogP contribution is -2.46. The Morgan fingerprint density at radius 2 is 1.39 bits per heavy atom. The first-order valence-corrected chi connectivity index (χ1v) is 6.52. The number of hydrogen-bond acceptors (Lipinski definition) is 3. The van der Waals surface area contributed by atoms with Crippen molar-refractivity contribution in [2.45, 2.75) is 26.7 Å². The van der Waals surface area contributed by atoms with E-state index in [1.165, 1.54) is 65.2 Å². The molecule has 3 nitrogen and oxygen atoms in total. The normalized spacial score (nSPS) is 15.5. The second kappa shape index (κ2) is 15.8. The van der Waals surface area contributed by atoms with Crippen LogP contribution in [0, 0.1) is 0 Å². The summed E-state index contributed by atoms with van der Waals surface area (Å²) in [6.07, 6.45) is 2.56. The van der Waals surface area contributed by atoms with Crippen LogP contribution >= 0.6 is 37.2 Å². The SMILES string of the molecule is CCCN(CCC)CCN1CCNCC1.Cl.Cl.Cl. The van der Waals surface area contributed by atoms with Crippen molar-refractivity contribution >= 4 is 37.2 Å². The Labute approximate surface area is 131 Å². The molecule has 0 amide bonds. The van der Waals surface area contributed by atoms with Crippen molar-refractivity contribution in [1.29, 1.82) is 0 Å². The van der Waals surface area contributed by atoms with Gasteiger partial charge < -0.3 is 10.2 Å². The van der Waals surface area contributed by atoms with E-state index in [1.54, 1.807) is 0 Å². The molecule has 1 saturated heterocycles. The van der Waals surface area contributed by atoms with Gasteiger partial charge in [0.15, 0.2) is 0 Å². The molecule has 114 valence electrons. The van der Waals surface area contributed by atoms with Crippen molar-refractivity contribution in [3.8, 4) is 0 Å². The Hall–Kier alpha value is 0.750. The maximum atomic E-state index is 3.40. The van der Waals surface area contributed by atoms with Crippen LogP contribution in [0.15, 0.2) is 0 Å². The molecule has 0 aromatic carbocycles. The molecule has 1 aliphatic heterocycles. The number of halogens is 3. The first kappa shape index (κ1) is 23.8. The van der Waals surface area contributed by atoms with E-state index < -0.39 is 0 Å². The Morgan fingerprint density at radius 1 is 0.889 bits per heavy atom. The lowest BCUT2D eigenvalue weighted by atomic mass is 10.3. The second-order valence-corrected chi connectivity index (χ2v) is 4.43. The zero-order valence-corrected chi connectivity index (χ0v) is 14.1. The van der Waals surface area contributed by atoms with Gasteiger partial charge >= 0.3 is 0 Å². The Balaban J connectivity index is -0.000000750. The van der Waals surface area contributed by atoms with E-state index >= 15 is 0 Å². The van der Waals surface area contributed by atoms with Crippen molar-refractivity contribution < 1.29 is 0 Å². The molecule has 0 aromatic heterocycles. The summed E-state index contributed by atoms with van der Waals surface area (Å²) in [5.74, 6) is 0. The lowest BCUT2D eigenvalue weighted by molar-refractivity contribution is 0.188. The molecule has 0 aromatic rings. The summed E-state index contributed by atoms with van der Waals surface area (Å²) < 4.78 is 0. The van der Waals surface area contributed by atoms with E-state index in [-0.39, 0.29) is 37.2 Å². The van der Waals surface area contributed by atoms with Crippen LogP contribution in [-0.2, 0) is 0 Å². The van der Waals surface area contributed by atoms with Crippen LogP contribution in [0.1, 0.15) is 26.7 Å². The maximum absolute atomic E-state index is 3.40. The molecular weight excluding hydrogens is 293 g/mol. The predicted octanol–water partition coefficient (Wildman–Crippen LogP) is 2.28. The Morgan fingerprint density at radius 3 is 1.83 bits per heavy atom. The third kappa shape index (κ3) is 10.7. The Kier molecular flexibility index (Phi) is 20.9. The fourth-order valence-electron chi connectivity index (χ4n) is 2.19. The molecule has 1 rings (SSSR count). The summed E-state index contributed by atoms with van der Waals surface area (Å²) in [6.45, 7) is 14.4. The minimum absolute atomic E-state index is 0. The van der Waals surface area contributed by atoms with Crippen molar-refractivity contribution in [2.24, 2.45) is 0 Å². The van der Waals surface area contributed by atoms with Gasteiger partial charge in [0.2, 0.25) is 0 Å². The minimum Gasteiger partial charge on any atom is -0.314 e. The molecule has 6 heteroatoms. The Bertz CT molecular complexity index is 150. The number of piperazine rings is 1. The summed E-state index contributed by atoms with van der Waals surface area (Å²) in [7, 11) is 0. The van der Waals surface area contributed by atoms with Gasteiger partial charge in [0.05, 0.1) is 0 Å². The average molecular weight is 323 g/mol. The fraction of sp³-hybridized carbons (Fsp3) is 1.00. The zero-order chi connectivity index (χ0) is 10.9. The van der Waals surface area contributed by atoms with Crippen LogP contribution in [0.25, 0.3) is 0 Å². The summed E-state index contributed by atoms with van der Waals surface area (Å²) in [4.78, 5) is 5.18. The van der Waals surface area contributed by atoms with Crippen molar-refractivity contribution in [1.82, 2.24) is 15.1 Å². The maximum Gasteiger partial charge on any atom is 0.0110 e. The smallest absolute Gasteiger partial charge is 0.0110 e. The van der Waals surface area contributed by atoms with Crippen molar-refractivity contribution in [3.63, 3.8) is 0 Å². The van der Waals surface area contributed by atoms with Gasteiger partial charge in [-0.1, -0.05) is 13.8 Å². The molecular formula is C12H30Cl3N3. The van der Waals surface area contributed by atoms with Gasteiger partial charge in [0.1, 0.15) is 0 Å². The van der Waals surface area contributed by atoms with Crippen LogP contribution in [0.5, 0.6) is 0 Å². The highest BCUT2D eigenvalue weighted by atomic mass is 35.5. The van der Waals surface area contributed by atoms with Gasteiger partial charge in [-0.2, -0.15) is 0 Å². The van der Waals surface area contributed by atoms with Gasteiger partial charge in [-0.25, -0.2) is 0 Å². The number of nitrogens with zero attached hydrogens (tertiary/aromatic N) is 2. The monoisotopic (exact) mass is 321 g/mol. The van der Waals surface area contributed by atoms with Gasteiger partial charge in [-0.05, 0) is 25.9 Å². The van der Waals surface area contributed by atoms with E-state index in [4.69, 9.17) is 0 Å². The molecule has 0 spiro atoms. The first-order valence-electron chi connectivity index (χ1n) is 6.52. The third-order valence-corrected chi connectivity index (χ3v) is 3.02. The molecule has 1 fully saturated rings. The zero-order valence-electron chi connectivity index (χ0n) is 11.7. The highest BCUT2D eigenvalue weighted by Gasteiger charge is 2.10. The first-order chi connectivity index (χ1) is 7.36. The van der Waals surface area contributed by atoms with Crippen LogP contribution in [-0.4, -0.2) is 62.2 Å². The standard InChI is InChI=1S/C12H27N3.3ClH/c1-3-7-14(8-4-2)11-12-15-9-5-13-6-10-15;;;/h13H,3-12H2,1-2H3;3*1H. The quantitative estimate of drug-likeness (QED) is 0.776. The lowest BCUT2D eigenvalue weighted by Gasteiger charge is -2.30. The predicted molar refractivity (Wildman–Crippen MR) is 88.1 cm³/mol. The topological polar surface area (TPSA) is 18.5 Å². The number of hydrogen-bond donors (Lipinski definition) is 1. The molecule has 1 N–H and O–H groups in total. The largest absolute Gasteiger partial charge is 0.314 e. The van der Waals surface area contributed by atoms with Crippen molar-refractivity contribution in [2.75, 3.05) is 52.4 Å². The average Bonchev–Trinajstić information content (AvgIpc) is 2.28. The van der Waals surface area contributed by atoms with E-state index in [9.17, 15) is 0 Å². The molecule has 0 aliphatic carbocycles. The van der Waals surface area contributed by atoms with Gasteiger partial charge in [-0.3, -0.25) is 4.90 Å². The molecule has 0 bridgehead atoms. The van der Waals surface area contributed by atoms with Gasteiger partial charge in [0.25, 0.3) is 0 Å². The summed E-state index contributed by atoms with van der Waals surface area (Å²) in [5.41, 5.74) is 0. The summed E-state index contributed by atoms with van der Waals surface area (Å²) in [5, 5.41) is 3.40. The van der Waals surface area contributed by atoms with E-state index in [2.05, 4.69) is 29.0 Å². The molecule has 0 radical (unpaired) electrons. The molecule has 18 heavy (non-hydrogen) atoms. The number of rotatable bonds is 7. The number of nitrogens with one attached hydrogen (secondary N) is 1. The van der Waals surface area contributed by atoms with Crippen LogP contribution < -0.4 is 5.32 Å². The molecule has 1 aliphatic rings. The van der Waals surface area contributed by atoms with Crippen LogP contribution in [0.2, 0.25) is 0 Å². The van der Waals surface area contributed by atoms with E-state index in [0.717, 1.165) is 0 Å². The second-order valence-electron chi connectivity index (χ2n) is 4.43. The van der Waals surface area contributed by atoms with Gasteiger partial charge in [0, 0.05) is 39.3 Å². The van der Waals surface area contributed by atoms with Crippen LogP contribution in [0.4, 0.5) is 0 Å². The summed E-state index contributed by atoms with van der Waals surface area (Å²) >= 11 is 0.